The summed E-state index contributed by atoms with van der Waals surface area (Å²) >= 11 is 5.88. The number of anilines is 1. The van der Waals surface area contributed by atoms with Crippen LogP contribution >= 0.6 is 11.6 Å². The highest BCUT2D eigenvalue weighted by Crippen LogP contribution is 2.20. The largest absolute Gasteiger partial charge is 0.348 e. The molecule has 4 nitrogen and oxygen atoms in total. The number of halogens is 1. The molecular weight excluding hydrogens is 238 g/mol. The molecule has 1 amide bonds. The highest BCUT2D eigenvalue weighted by atomic mass is 35.5. The molecule has 0 spiro atoms. The molecule has 88 valence electrons. The fourth-order valence-corrected chi connectivity index (χ4v) is 1.65. The second-order valence-corrected chi connectivity index (χ2v) is 4.20. The minimum atomic E-state index is -0.0976. The number of nitrogens with zero attached hydrogens (tertiary/aromatic N) is 1. The van der Waals surface area contributed by atoms with Gasteiger partial charge in [0.15, 0.2) is 0 Å². The zero-order valence-electron chi connectivity index (χ0n) is 9.33. The molecular formula is C12H12ClN3O. The van der Waals surface area contributed by atoms with Crippen LogP contribution < -0.4 is 5.32 Å². The van der Waals surface area contributed by atoms with Crippen LogP contribution in [0.1, 0.15) is 11.3 Å². The standard InChI is InChI=1S/C12H12ClN3O/c1-8-2-3-9(13)4-11(8)16-12(17)5-10-6-14-7-15-10/h2-4,6-7H,5H2,1H3,(H,14,15)(H,16,17). The summed E-state index contributed by atoms with van der Waals surface area (Å²) in [4.78, 5) is 18.5. The lowest BCUT2D eigenvalue weighted by Crippen LogP contribution is -2.15. The first-order valence-corrected chi connectivity index (χ1v) is 5.56. The molecule has 1 aromatic carbocycles. The number of carbonyl (C=O) groups is 1. The number of aromatic amines is 1. The van der Waals surface area contributed by atoms with Crippen molar-refractivity contribution in [1.82, 2.24) is 9.97 Å². The van der Waals surface area contributed by atoms with Gasteiger partial charge in [-0.2, -0.15) is 0 Å². The molecule has 0 aliphatic rings. The molecule has 0 saturated heterocycles. The number of aryl methyl sites for hydroxylation is 1. The van der Waals surface area contributed by atoms with Gasteiger partial charge < -0.3 is 10.3 Å². The Bertz CT molecular complexity index is 523. The third-order valence-electron chi connectivity index (χ3n) is 2.38. The molecule has 0 fully saturated rings. The zero-order valence-corrected chi connectivity index (χ0v) is 10.1. The van der Waals surface area contributed by atoms with Gasteiger partial charge in [0.1, 0.15) is 0 Å². The van der Waals surface area contributed by atoms with E-state index in [-0.39, 0.29) is 12.3 Å². The summed E-state index contributed by atoms with van der Waals surface area (Å²) in [6, 6.07) is 5.40. The number of amides is 1. The Balaban J connectivity index is 2.05. The average molecular weight is 250 g/mol. The number of hydrogen-bond acceptors (Lipinski definition) is 2. The van der Waals surface area contributed by atoms with Crippen molar-refractivity contribution in [2.75, 3.05) is 5.32 Å². The van der Waals surface area contributed by atoms with Gasteiger partial charge in [0, 0.05) is 22.6 Å². The predicted molar refractivity (Wildman–Crippen MR) is 67.1 cm³/mol. The molecule has 0 unspecified atom stereocenters. The third-order valence-corrected chi connectivity index (χ3v) is 2.61. The number of benzene rings is 1. The van der Waals surface area contributed by atoms with Crippen LogP contribution in [0.25, 0.3) is 0 Å². The lowest BCUT2D eigenvalue weighted by Gasteiger charge is -2.08. The monoisotopic (exact) mass is 249 g/mol. The molecule has 2 N–H and O–H groups in total. The first-order valence-electron chi connectivity index (χ1n) is 5.18. The van der Waals surface area contributed by atoms with E-state index < -0.39 is 0 Å². The molecule has 2 aromatic rings. The highest BCUT2D eigenvalue weighted by Gasteiger charge is 2.07. The normalized spacial score (nSPS) is 10.2. The van der Waals surface area contributed by atoms with Crippen molar-refractivity contribution in [1.29, 1.82) is 0 Å². The van der Waals surface area contributed by atoms with Crippen molar-refractivity contribution in [3.05, 3.63) is 47.0 Å². The minimum absolute atomic E-state index is 0.0976. The minimum Gasteiger partial charge on any atom is -0.348 e. The molecule has 17 heavy (non-hydrogen) atoms. The SMILES string of the molecule is Cc1ccc(Cl)cc1NC(=O)Cc1cnc[nH]1. The molecule has 1 heterocycles. The van der Waals surface area contributed by atoms with Gasteiger partial charge in [-0.1, -0.05) is 17.7 Å². The van der Waals surface area contributed by atoms with Gasteiger partial charge in [0.25, 0.3) is 0 Å². The quantitative estimate of drug-likeness (QED) is 0.878. The van der Waals surface area contributed by atoms with Crippen LogP contribution in [0.2, 0.25) is 5.02 Å². The van der Waals surface area contributed by atoms with E-state index in [1.54, 1.807) is 24.7 Å². The molecule has 1 aromatic heterocycles. The summed E-state index contributed by atoms with van der Waals surface area (Å²) in [7, 11) is 0. The van der Waals surface area contributed by atoms with Gasteiger partial charge in [0.2, 0.25) is 5.91 Å². The lowest BCUT2D eigenvalue weighted by molar-refractivity contribution is -0.115. The Morgan fingerprint density at radius 2 is 2.35 bits per heavy atom. The Morgan fingerprint density at radius 3 is 3.06 bits per heavy atom. The van der Waals surface area contributed by atoms with Crippen LogP contribution in [-0.4, -0.2) is 15.9 Å². The maximum atomic E-state index is 11.7. The smallest absolute Gasteiger partial charge is 0.230 e. The fraction of sp³-hybridized carbons (Fsp3) is 0.167. The van der Waals surface area contributed by atoms with E-state index in [0.29, 0.717) is 5.02 Å². The maximum Gasteiger partial charge on any atom is 0.230 e. The zero-order chi connectivity index (χ0) is 12.3. The highest BCUT2D eigenvalue weighted by molar-refractivity contribution is 6.31. The molecule has 0 radical (unpaired) electrons. The molecule has 0 aliphatic carbocycles. The number of aromatic nitrogens is 2. The Labute approximate surface area is 104 Å². The van der Waals surface area contributed by atoms with Crippen molar-refractivity contribution in [2.45, 2.75) is 13.3 Å². The van der Waals surface area contributed by atoms with E-state index >= 15 is 0 Å². The van der Waals surface area contributed by atoms with Crippen molar-refractivity contribution in [3.63, 3.8) is 0 Å². The second kappa shape index (κ2) is 5.01. The van der Waals surface area contributed by atoms with Gasteiger partial charge in [0.05, 0.1) is 12.7 Å². The molecule has 0 saturated carbocycles. The van der Waals surface area contributed by atoms with Crippen LogP contribution in [0, 0.1) is 6.92 Å². The number of hydrogen-bond donors (Lipinski definition) is 2. The van der Waals surface area contributed by atoms with E-state index in [1.165, 1.54) is 0 Å². The summed E-state index contributed by atoms with van der Waals surface area (Å²) < 4.78 is 0. The number of nitrogens with one attached hydrogen (secondary N) is 2. The van der Waals surface area contributed by atoms with E-state index in [0.717, 1.165) is 16.9 Å². The summed E-state index contributed by atoms with van der Waals surface area (Å²) in [5, 5.41) is 3.42. The molecule has 0 atom stereocenters. The first-order chi connectivity index (χ1) is 8.15. The summed E-state index contributed by atoms with van der Waals surface area (Å²) in [6.45, 7) is 1.92. The van der Waals surface area contributed by atoms with Crippen molar-refractivity contribution in [2.24, 2.45) is 0 Å². The second-order valence-electron chi connectivity index (χ2n) is 3.76. The van der Waals surface area contributed by atoms with Crippen molar-refractivity contribution in [3.8, 4) is 0 Å². The van der Waals surface area contributed by atoms with E-state index in [1.807, 2.05) is 13.0 Å². The molecule has 0 bridgehead atoms. The van der Waals surface area contributed by atoms with Gasteiger partial charge >= 0.3 is 0 Å². The number of rotatable bonds is 3. The summed E-state index contributed by atoms with van der Waals surface area (Å²) in [5.74, 6) is -0.0976. The van der Waals surface area contributed by atoms with Crippen molar-refractivity contribution < 1.29 is 4.79 Å². The lowest BCUT2D eigenvalue weighted by atomic mass is 10.2. The Morgan fingerprint density at radius 1 is 1.53 bits per heavy atom. The van der Waals surface area contributed by atoms with E-state index in [9.17, 15) is 4.79 Å². The molecule has 0 aliphatic heterocycles. The average Bonchev–Trinajstić information content (AvgIpc) is 2.76. The van der Waals surface area contributed by atoms with Crippen molar-refractivity contribution >= 4 is 23.2 Å². The fourth-order valence-electron chi connectivity index (χ4n) is 1.48. The van der Waals surface area contributed by atoms with Gasteiger partial charge in [-0.3, -0.25) is 4.79 Å². The molecule has 5 heteroatoms. The van der Waals surface area contributed by atoms with E-state index in [2.05, 4.69) is 15.3 Å². The topological polar surface area (TPSA) is 57.8 Å². The van der Waals surface area contributed by atoms with Crippen LogP contribution in [0.15, 0.2) is 30.7 Å². The van der Waals surface area contributed by atoms with Gasteiger partial charge in [-0.15, -0.1) is 0 Å². The summed E-state index contributed by atoms with van der Waals surface area (Å²) in [5.41, 5.74) is 2.50. The Kier molecular flexibility index (Phi) is 3.44. The van der Waals surface area contributed by atoms with Crippen LogP contribution in [0.3, 0.4) is 0 Å². The van der Waals surface area contributed by atoms with Crippen LogP contribution in [-0.2, 0) is 11.2 Å². The van der Waals surface area contributed by atoms with Gasteiger partial charge in [-0.05, 0) is 24.6 Å². The summed E-state index contributed by atoms with van der Waals surface area (Å²) in [6.07, 6.45) is 3.45. The number of carbonyl (C=O) groups excluding carboxylic acids is 1. The number of H-pyrrole nitrogens is 1. The van der Waals surface area contributed by atoms with Crippen LogP contribution in [0.4, 0.5) is 5.69 Å². The first kappa shape index (κ1) is 11.7. The maximum absolute atomic E-state index is 11.7. The third kappa shape index (κ3) is 3.07. The number of imidazole rings is 1. The molecule has 2 rings (SSSR count). The van der Waals surface area contributed by atoms with E-state index in [4.69, 9.17) is 11.6 Å². The predicted octanol–water partition coefficient (Wildman–Crippen LogP) is 2.55. The Hall–Kier alpha value is -1.81. The van der Waals surface area contributed by atoms with Crippen LogP contribution in [0.5, 0.6) is 0 Å². The van der Waals surface area contributed by atoms with Gasteiger partial charge in [-0.25, -0.2) is 4.98 Å².